The molecule has 4 nitrogen and oxygen atoms in total. The molecule has 3 rings (SSSR count). The lowest BCUT2D eigenvalue weighted by atomic mass is 9.95. The number of hydrogen-bond acceptors (Lipinski definition) is 3. The summed E-state index contributed by atoms with van der Waals surface area (Å²) in [5.41, 5.74) is 10.8. The molecule has 1 heterocycles. The lowest BCUT2D eigenvalue weighted by Crippen LogP contribution is -2.28. The number of hydrogen-bond donors (Lipinski definition) is 2. The van der Waals surface area contributed by atoms with Crippen LogP contribution in [0, 0.1) is 0 Å². The molecule has 4 heteroatoms. The van der Waals surface area contributed by atoms with Gasteiger partial charge in [-0.1, -0.05) is 42.8 Å². The number of carbonyl (C=O) groups excluding carboxylic acids is 1. The summed E-state index contributed by atoms with van der Waals surface area (Å²) in [5.74, 6) is 0.110. The van der Waals surface area contributed by atoms with Crippen LogP contribution in [-0.2, 0) is 11.2 Å². The maximum absolute atomic E-state index is 11.6. The molecule has 0 aromatic heterocycles. The predicted molar refractivity (Wildman–Crippen MR) is 103 cm³/mol. The van der Waals surface area contributed by atoms with Gasteiger partial charge in [-0.3, -0.25) is 4.79 Å². The van der Waals surface area contributed by atoms with Crippen molar-refractivity contribution in [3.05, 3.63) is 59.7 Å². The van der Waals surface area contributed by atoms with E-state index in [2.05, 4.69) is 58.7 Å². The SMILES string of the molecule is NCCNC(=O)CCCCCN1c2ccccc2Cc2ccccc21. The molecule has 0 saturated carbocycles. The molecule has 0 unspecified atom stereocenters. The Bertz CT molecular complexity index is 668. The maximum atomic E-state index is 11.6. The summed E-state index contributed by atoms with van der Waals surface area (Å²) in [7, 11) is 0. The smallest absolute Gasteiger partial charge is 0.220 e. The van der Waals surface area contributed by atoms with Crippen molar-refractivity contribution in [3.63, 3.8) is 0 Å². The van der Waals surface area contributed by atoms with E-state index in [4.69, 9.17) is 5.73 Å². The topological polar surface area (TPSA) is 58.4 Å². The molecule has 0 spiro atoms. The van der Waals surface area contributed by atoms with Gasteiger partial charge < -0.3 is 16.0 Å². The van der Waals surface area contributed by atoms with E-state index >= 15 is 0 Å². The Hall–Kier alpha value is -2.33. The van der Waals surface area contributed by atoms with Gasteiger partial charge >= 0.3 is 0 Å². The normalized spacial score (nSPS) is 12.4. The Morgan fingerprint density at radius 2 is 1.60 bits per heavy atom. The first kappa shape index (κ1) is 17.5. The van der Waals surface area contributed by atoms with Crippen LogP contribution in [0.4, 0.5) is 11.4 Å². The number of nitrogens with zero attached hydrogens (tertiary/aromatic N) is 1. The van der Waals surface area contributed by atoms with Crippen LogP contribution in [0.5, 0.6) is 0 Å². The number of rotatable bonds is 8. The van der Waals surface area contributed by atoms with E-state index in [0.717, 1.165) is 32.2 Å². The van der Waals surface area contributed by atoms with Crippen molar-refractivity contribution in [2.45, 2.75) is 32.1 Å². The van der Waals surface area contributed by atoms with Crippen molar-refractivity contribution in [2.75, 3.05) is 24.5 Å². The molecule has 0 saturated heterocycles. The highest BCUT2D eigenvalue weighted by Gasteiger charge is 2.21. The van der Waals surface area contributed by atoms with E-state index in [1.54, 1.807) is 0 Å². The average Bonchev–Trinajstić information content (AvgIpc) is 2.65. The van der Waals surface area contributed by atoms with Crippen LogP contribution < -0.4 is 16.0 Å². The van der Waals surface area contributed by atoms with Gasteiger partial charge in [0.15, 0.2) is 0 Å². The lowest BCUT2D eigenvalue weighted by molar-refractivity contribution is -0.121. The van der Waals surface area contributed by atoms with E-state index < -0.39 is 0 Å². The van der Waals surface area contributed by atoms with E-state index in [1.165, 1.54) is 22.5 Å². The van der Waals surface area contributed by atoms with Gasteiger partial charge in [0, 0.05) is 43.9 Å². The lowest BCUT2D eigenvalue weighted by Gasteiger charge is -2.33. The summed E-state index contributed by atoms with van der Waals surface area (Å²) in [6.45, 7) is 2.05. The summed E-state index contributed by atoms with van der Waals surface area (Å²) < 4.78 is 0. The quantitative estimate of drug-likeness (QED) is 0.726. The average molecular weight is 337 g/mol. The third kappa shape index (κ3) is 4.40. The molecule has 2 aromatic rings. The molecule has 132 valence electrons. The largest absolute Gasteiger partial charge is 0.355 e. The van der Waals surface area contributed by atoms with Crippen LogP contribution >= 0.6 is 0 Å². The number of amides is 1. The van der Waals surface area contributed by atoms with E-state index in [9.17, 15) is 4.79 Å². The molecule has 25 heavy (non-hydrogen) atoms. The molecule has 3 N–H and O–H groups in total. The van der Waals surface area contributed by atoms with Gasteiger partial charge in [0.2, 0.25) is 5.91 Å². The molecule has 0 atom stereocenters. The monoisotopic (exact) mass is 337 g/mol. The molecule has 0 aliphatic carbocycles. The summed E-state index contributed by atoms with van der Waals surface area (Å²) in [5, 5.41) is 2.82. The number of fused-ring (bicyclic) bond motifs is 2. The third-order valence-corrected chi connectivity index (χ3v) is 4.70. The zero-order valence-electron chi connectivity index (χ0n) is 14.7. The number of anilines is 2. The van der Waals surface area contributed by atoms with Crippen LogP contribution in [0.1, 0.15) is 36.8 Å². The van der Waals surface area contributed by atoms with Gasteiger partial charge in [-0.2, -0.15) is 0 Å². The second-order valence-electron chi connectivity index (χ2n) is 6.54. The molecule has 0 radical (unpaired) electrons. The number of unbranched alkanes of at least 4 members (excludes halogenated alkanes) is 2. The number of para-hydroxylation sites is 2. The van der Waals surface area contributed by atoms with Crippen molar-refractivity contribution < 1.29 is 4.79 Å². The number of nitrogens with one attached hydrogen (secondary N) is 1. The highest BCUT2D eigenvalue weighted by molar-refractivity contribution is 5.76. The van der Waals surface area contributed by atoms with Crippen molar-refractivity contribution in [3.8, 4) is 0 Å². The Labute approximate surface area is 150 Å². The summed E-state index contributed by atoms with van der Waals surface area (Å²) in [6, 6.07) is 17.3. The zero-order valence-corrected chi connectivity index (χ0v) is 14.7. The first-order chi connectivity index (χ1) is 12.3. The fourth-order valence-electron chi connectivity index (χ4n) is 3.46. The van der Waals surface area contributed by atoms with Crippen LogP contribution in [0.15, 0.2) is 48.5 Å². The minimum absolute atomic E-state index is 0.110. The molecule has 1 aliphatic rings. The summed E-state index contributed by atoms with van der Waals surface area (Å²) >= 11 is 0. The Morgan fingerprint density at radius 3 is 2.24 bits per heavy atom. The Balaban J connectivity index is 1.57. The highest BCUT2D eigenvalue weighted by atomic mass is 16.1. The minimum Gasteiger partial charge on any atom is -0.355 e. The van der Waals surface area contributed by atoms with Crippen molar-refractivity contribution >= 4 is 17.3 Å². The molecule has 0 bridgehead atoms. The number of nitrogens with two attached hydrogens (primary N) is 1. The highest BCUT2D eigenvalue weighted by Crippen LogP contribution is 2.38. The molecule has 0 fully saturated rings. The van der Waals surface area contributed by atoms with Crippen LogP contribution in [0.25, 0.3) is 0 Å². The standard InChI is InChI=1S/C21H27N3O/c22-13-14-23-21(25)12-2-1-7-15-24-19-10-5-3-8-17(19)16-18-9-4-6-11-20(18)24/h3-6,8-11H,1-2,7,12-16,22H2,(H,23,25). The van der Waals surface area contributed by atoms with E-state index in [0.29, 0.717) is 19.5 Å². The van der Waals surface area contributed by atoms with Gasteiger partial charge in [0.1, 0.15) is 0 Å². The first-order valence-corrected chi connectivity index (χ1v) is 9.19. The first-order valence-electron chi connectivity index (χ1n) is 9.19. The number of carbonyl (C=O) groups is 1. The predicted octanol–water partition coefficient (Wildman–Crippen LogP) is 3.36. The second-order valence-corrected chi connectivity index (χ2v) is 6.54. The second kappa shape index (κ2) is 8.67. The van der Waals surface area contributed by atoms with E-state index in [-0.39, 0.29) is 5.91 Å². The fourth-order valence-corrected chi connectivity index (χ4v) is 3.46. The Kier molecular flexibility index (Phi) is 6.07. The molecule has 1 amide bonds. The molecular formula is C21H27N3O. The summed E-state index contributed by atoms with van der Waals surface area (Å²) in [6.07, 6.45) is 4.65. The molecular weight excluding hydrogens is 310 g/mol. The van der Waals surface area contributed by atoms with Crippen LogP contribution in [-0.4, -0.2) is 25.5 Å². The molecule has 2 aromatic carbocycles. The van der Waals surface area contributed by atoms with Gasteiger partial charge in [-0.25, -0.2) is 0 Å². The van der Waals surface area contributed by atoms with Gasteiger partial charge in [0.25, 0.3) is 0 Å². The maximum Gasteiger partial charge on any atom is 0.220 e. The van der Waals surface area contributed by atoms with Crippen molar-refractivity contribution in [1.82, 2.24) is 5.32 Å². The van der Waals surface area contributed by atoms with Gasteiger partial charge in [-0.05, 0) is 36.1 Å². The van der Waals surface area contributed by atoms with Gasteiger partial charge in [0.05, 0.1) is 0 Å². The summed E-state index contributed by atoms with van der Waals surface area (Å²) in [4.78, 5) is 14.1. The van der Waals surface area contributed by atoms with Crippen LogP contribution in [0.3, 0.4) is 0 Å². The Morgan fingerprint density at radius 1 is 0.960 bits per heavy atom. The zero-order chi connectivity index (χ0) is 17.5. The van der Waals surface area contributed by atoms with Crippen molar-refractivity contribution in [2.24, 2.45) is 5.73 Å². The third-order valence-electron chi connectivity index (χ3n) is 4.70. The minimum atomic E-state index is 0.110. The fraction of sp³-hybridized carbons (Fsp3) is 0.381. The number of benzene rings is 2. The van der Waals surface area contributed by atoms with Crippen molar-refractivity contribution in [1.29, 1.82) is 0 Å². The van der Waals surface area contributed by atoms with Gasteiger partial charge in [-0.15, -0.1) is 0 Å². The molecule has 1 aliphatic heterocycles. The van der Waals surface area contributed by atoms with E-state index in [1.807, 2.05) is 0 Å². The van der Waals surface area contributed by atoms with Crippen LogP contribution in [0.2, 0.25) is 0 Å².